The molecule has 0 bridgehead atoms. The second-order valence-corrected chi connectivity index (χ2v) is 13.0. The van der Waals surface area contributed by atoms with E-state index in [-0.39, 0.29) is 15.1 Å². The average Bonchev–Trinajstić information content (AvgIpc) is 2.76. The molecule has 0 amide bonds. The third kappa shape index (κ3) is 7.65. The van der Waals surface area contributed by atoms with Crippen molar-refractivity contribution in [3.8, 4) is 0 Å². The minimum atomic E-state index is -0.0929. The molecule has 0 radical (unpaired) electrons. The predicted molar refractivity (Wildman–Crippen MR) is 147 cm³/mol. The predicted octanol–water partition coefficient (Wildman–Crippen LogP) is 4.14. The SMILES string of the molecule is CCCc1cccc(C[N+]2(C(=S)S)CC[N+](C)(O)C(CSC(=O)SN3CCN(C)CC3)C2)c1. The van der Waals surface area contributed by atoms with Crippen molar-refractivity contribution >= 4 is 57.3 Å². The van der Waals surface area contributed by atoms with Crippen molar-refractivity contribution < 1.29 is 19.1 Å². The van der Waals surface area contributed by atoms with Crippen molar-refractivity contribution in [1.82, 2.24) is 9.21 Å². The monoisotopic (exact) mass is 530 g/mol. The van der Waals surface area contributed by atoms with Gasteiger partial charge in [-0.3, -0.25) is 9.28 Å². The maximum atomic E-state index is 12.7. The first-order chi connectivity index (χ1) is 15.6. The smallest absolute Gasteiger partial charge is 0.261 e. The van der Waals surface area contributed by atoms with Gasteiger partial charge in [0.05, 0.1) is 12.8 Å². The fourth-order valence-corrected chi connectivity index (χ4v) is 7.07. The van der Waals surface area contributed by atoms with Crippen LogP contribution in [0.3, 0.4) is 0 Å². The highest BCUT2D eigenvalue weighted by atomic mass is 32.2. The second kappa shape index (κ2) is 12.2. The highest BCUT2D eigenvalue weighted by Crippen LogP contribution is 2.31. The van der Waals surface area contributed by atoms with E-state index in [1.807, 2.05) is 7.05 Å². The van der Waals surface area contributed by atoms with E-state index in [4.69, 9.17) is 12.2 Å². The van der Waals surface area contributed by atoms with Crippen LogP contribution in [0, 0.1) is 0 Å². The van der Waals surface area contributed by atoms with Gasteiger partial charge < -0.3 is 4.90 Å². The summed E-state index contributed by atoms with van der Waals surface area (Å²) >= 11 is 12.9. The Morgan fingerprint density at radius 1 is 1.24 bits per heavy atom. The number of rotatable bonds is 7. The molecule has 2 aliphatic rings. The van der Waals surface area contributed by atoms with E-state index < -0.39 is 0 Å². The number of benzene rings is 1. The number of nitrogens with zero attached hydrogens (tertiary/aromatic N) is 4. The van der Waals surface area contributed by atoms with Gasteiger partial charge >= 0.3 is 0 Å². The maximum absolute atomic E-state index is 12.7. The van der Waals surface area contributed by atoms with Crippen molar-refractivity contribution in [3.05, 3.63) is 35.4 Å². The van der Waals surface area contributed by atoms with Crippen LogP contribution in [-0.4, -0.2) is 104 Å². The van der Waals surface area contributed by atoms with Gasteiger partial charge in [0.1, 0.15) is 19.6 Å². The van der Waals surface area contributed by atoms with Crippen LogP contribution in [0.1, 0.15) is 24.5 Å². The van der Waals surface area contributed by atoms with Crippen LogP contribution in [0.15, 0.2) is 24.3 Å². The third-order valence-corrected chi connectivity index (χ3v) is 9.76. The Morgan fingerprint density at radius 2 is 1.94 bits per heavy atom. The molecule has 3 atom stereocenters. The summed E-state index contributed by atoms with van der Waals surface area (Å²) in [5, 5.41) is 11.1. The Hall–Kier alpha value is -0.170. The van der Waals surface area contributed by atoms with Gasteiger partial charge in [0.2, 0.25) is 4.32 Å². The number of hydrogen-bond acceptors (Lipinski definition) is 7. The quantitative estimate of drug-likeness (QED) is 0.238. The summed E-state index contributed by atoms with van der Waals surface area (Å²) in [6.07, 6.45) is 2.19. The number of thiocarbonyl (C=S) groups is 1. The van der Waals surface area contributed by atoms with E-state index >= 15 is 0 Å². The highest BCUT2D eigenvalue weighted by molar-refractivity contribution is 8.37. The van der Waals surface area contributed by atoms with Crippen molar-refractivity contribution in [3.63, 3.8) is 0 Å². The van der Waals surface area contributed by atoms with Crippen molar-refractivity contribution in [1.29, 1.82) is 0 Å². The molecule has 2 heterocycles. The van der Waals surface area contributed by atoms with Crippen molar-refractivity contribution in [2.45, 2.75) is 32.4 Å². The lowest BCUT2D eigenvalue weighted by molar-refractivity contribution is -1.14. The molecule has 3 rings (SSSR count). The molecule has 3 unspecified atom stereocenters. The summed E-state index contributed by atoms with van der Waals surface area (Å²) in [6.45, 7) is 8.72. The number of carbonyl (C=O) groups is 1. The fraction of sp³-hybridized carbons (Fsp3) is 0.652. The molecule has 6 nitrogen and oxygen atoms in total. The summed E-state index contributed by atoms with van der Waals surface area (Å²) < 4.78 is 3.39. The van der Waals surface area contributed by atoms with Gasteiger partial charge in [-0.2, -0.15) is 4.65 Å². The molecule has 1 aromatic rings. The number of hydroxylamine groups is 3. The standard InChI is InChI=1S/C23H37N4O2S4/c1-4-6-19-7-5-8-20(15-19)16-27(22(30)31)14-13-26(3,29)21(17-27)18-32-23(28)33-25-11-9-24(2)10-12-25/h5,7-8,15,21,29H,4,6,9-14,16-18H2,1-3H3/q+1/p+1. The molecule has 2 aliphatic heterocycles. The van der Waals surface area contributed by atoms with Crippen molar-refractivity contribution in [2.75, 3.05) is 65.7 Å². The molecule has 2 saturated heterocycles. The molecule has 2 fully saturated rings. The number of hydrogen-bond donors (Lipinski definition) is 2. The molecule has 33 heavy (non-hydrogen) atoms. The van der Waals surface area contributed by atoms with Crippen LogP contribution in [0.2, 0.25) is 0 Å². The highest BCUT2D eigenvalue weighted by Gasteiger charge is 2.49. The molecular weight excluding hydrogens is 493 g/mol. The van der Waals surface area contributed by atoms with Gasteiger partial charge in [0.25, 0.3) is 4.45 Å². The lowest BCUT2D eigenvalue weighted by atomic mass is 10.0. The van der Waals surface area contributed by atoms with Crippen LogP contribution >= 0.6 is 48.6 Å². The van der Waals surface area contributed by atoms with Crippen LogP contribution in [0.5, 0.6) is 0 Å². The molecule has 0 saturated carbocycles. The van der Waals surface area contributed by atoms with Crippen LogP contribution < -0.4 is 0 Å². The normalized spacial score (nSPS) is 29.2. The summed E-state index contributed by atoms with van der Waals surface area (Å²) in [7, 11) is 3.96. The molecule has 184 valence electrons. The number of likely N-dealkylation sites (N-methyl/N-ethyl adjacent to an activating group) is 2. The number of aryl methyl sites for hydroxylation is 1. The minimum Gasteiger partial charge on any atom is -0.304 e. The van der Waals surface area contributed by atoms with E-state index in [0.29, 0.717) is 27.6 Å². The Balaban J connectivity index is 1.65. The number of carbonyl (C=O) groups excluding carboxylic acids is 1. The lowest BCUT2D eigenvalue weighted by Gasteiger charge is -2.47. The molecular formula is C23H38N4O2S4+2. The summed E-state index contributed by atoms with van der Waals surface area (Å²) in [5.74, 6) is 0.568. The average molecular weight is 531 g/mol. The number of quaternary nitrogens is 2. The van der Waals surface area contributed by atoms with Gasteiger partial charge in [-0.1, -0.05) is 62.0 Å². The molecule has 0 aromatic heterocycles. The Bertz CT molecular complexity index is 832. The Kier molecular flexibility index (Phi) is 10.1. The molecule has 0 aliphatic carbocycles. The summed E-state index contributed by atoms with van der Waals surface area (Å²) in [4.78, 5) is 14.9. The third-order valence-electron chi connectivity index (χ3n) is 6.81. The zero-order chi connectivity index (χ0) is 24.1. The molecule has 1 aromatic carbocycles. The van der Waals surface area contributed by atoms with Crippen LogP contribution in [0.4, 0.5) is 4.79 Å². The van der Waals surface area contributed by atoms with Gasteiger partial charge in [0.15, 0.2) is 12.6 Å². The van der Waals surface area contributed by atoms with Gasteiger partial charge in [-0.15, -0.1) is 0 Å². The fourth-order valence-electron chi connectivity index (χ4n) is 4.54. The first-order valence-electron chi connectivity index (χ1n) is 11.7. The number of thioether (sulfide) groups is 1. The maximum Gasteiger partial charge on any atom is 0.261 e. The van der Waals surface area contributed by atoms with Gasteiger partial charge in [-0.05, 0) is 31.2 Å². The van der Waals surface area contributed by atoms with Gasteiger partial charge in [0, 0.05) is 43.7 Å². The van der Waals surface area contributed by atoms with E-state index in [0.717, 1.165) is 52.1 Å². The zero-order valence-corrected chi connectivity index (χ0v) is 23.3. The van der Waals surface area contributed by atoms with E-state index in [1.165, 1.54) is 34.8 Å². The zero-order valence-electron chi connectivity index (χ0n) is 20.0. The summed E-state index contributed by atoms with van der Waals surface area (Å²) in [6, 6.07) is 8.64. The molecule has 1 N–H and O–H groups in total. The Morgan fingerprint density at radius 3 is 2.61 bits per heavy atom. The topological polar surface area (TPSA) is 43.8 Å². The van der Waals surface area contributed by atoms with Crippen molar-refractivity contribution in [2.24, 2.45) is 0 Å². The summed E-state index contributed by atoms with van der Waals surface area (Å²) in [5.41, 5.74) is 2.59. The first kappa shape index (κ1) is 27.4. The van der Waals surface area contributed by atoms with E-state index in [2.05, 4.69) is 60.1 Å². The largest absolute Gasteiger partial charge is 0.304 e. The lowest BCUT2D eigenvalue weighted by Crippen LogP contribution is -2.70. The number of piperazine rings is 2. The minimum absolute atomic E-state index is 0.0777. The van der Waals surface area contributed by atoms with E-state index in [1.54, 1.807) is 0 Å². The van der Waals surface area contributed by atoms with Crippen LogP contribution in [0.25, 0.3) is 0 Å². The molecule has 0 spiro atoms. The number of thiol groups is 1. The van der Waals surface area contributed by atoms with Crippen LogP contribution in [-0.2, 0) is 13.0 Å². The first-order valence-corrected chi connectivity index (χ1v) is 14.3. The Labute approximate surface area is 218 Å². The molecule has 10 heteroatoms. The second-order valence-electron chi connectivity index (χ2n) is 9.54. The van der Waals surface area contributed by atoms with Gasteiger partial charge in [-0.25, -0.2) is 9.51 Å². The van der Waals surface area contributed by atoms with E-state index in [9.17, 15) is 10.0 Å².